The molecule has 0 amide bonds. The van der Waals surface area contributed by atoms with Crippen molar-refractivity contribution < 1.29 is 4.39 Å². The second-order valence-electron chi connectivity index (χ2n) is 3.74. The Balaban J connectivity index is 2.05. The third-order valence-electron chi connectivity index (χ3n) is 2.20. The van der Waals surface area contributed by atoms with Gasteiger partial charge in [0.05, 0.1) is 6.20 Å². The van der Waals surface area contributed by atoms with Crippen molar-refractivity contribution in [1.29, 1.82) is 0 Å². The first-order chi connectivity index (χ1) is 7.29. The minimum Gasteiger partial charge on any atom is -0.365 e. The molecule has 0 bridgehead atoms. The van der Waals surface area contributed by atoms with Crippen LogP contribution < -0.4 is 10.6 Å². The molecule has 1 aliphatic rings. The summed E-state index contributed by atoms with van der Waals surface area (Å²) in [5.41, 5.74) is 0. The van der Waals surface area contributed by atoms with Crippen LogP contribution in [-0.4, -0.2) is 22.6 Å². The second kappa shape index (κ2) is 4.42. The van der Waals surface area contributed by atoms with Gasteiger partial charge in [0.25, 0.3) is 0 Å². The molecule has 2 rings (SSSR count). The summed E-state index contributed by atoms with van der Waals surface area (Å²) < 4.78 is 13.3. The number of hydrogen-bond donors (Lipinski definition) is 2. The fourth-order valence-electron chi connectivity index (χ4n) is 1.21. The maximum absolute atomic E-state index is 13.3. The minimum atomic E-state index is -0.385. The Bertz CT molecular complexity index is 338. The Kier molecular flexibility index (Phi) is 2.99. The highest BCUT2D eigenvalue weighted by atomic mass is 19.1. The van der Waals surface area contributed by atoms with Gasteiger partial charge in [0.15, 0.2) is 11.6 Å². The van der Waals surface area contributed by atoms with Gasteiger partial charge in [-0.3, -0.25) is 0 Å². The summed E-state index contributed by atoms with van der Waals surface area (Å²) >= 11 is 0. The molecular formula is C10H15FN4. The van der Waals surface area contributed by atoms with E-state index in [9.17, 15) is 4.39 Å². The van der Waals surface area contributed by atoms with E-state index >= 15 is 0 Å². The summed E-state index contributed by atoms with van der Waals surface area (Å²) in [5.74, 6) is 0.413. The molecule has 0 saturated heterocycles. The van der Waals surface area contributed by atoms with Crippen molar-refractivity contribution in [3.8, 4) is 0 Å². The minimum absolute atomic E-state index is 0.311. The monoisotopic (exact) mass is 210 g/mol. The molecular weight excluding hydrogens is 195 g/mol. The summed E-state index contributed by atoms with van der Waals surface area (Å²) in [7, 11) is 0. The van der Waals surface area contributed by atoms with Crippen molar-refractivity contribution >= 4 is 11.8 Å². The normalized spacial score (nSPS) is 15.1. The van der Waals surface area contributed by atoms with Crippen molar-refractivity contribution in [3.63, 3.8) is 0 Å². The van der Waals surface area contributed by atoms with Gasteiger partial charge in [0.2, 0.25) is 5.95 Å². The zero-order valence-electron chi connectivity index (χ0n) is 8.76. The van der Waals surface area contributed by atoms with E-state index in [0.29, 0.717) is 17.8 Å². The fourth-order valence-corrected chi connectivity index (χ4v) is 1.21. The van der Waals surface area contributed by atoms with Crippen molar-refractivity contribution in [2.24, 2.45) is 0 Å². The zero-order chi connectivity index (χ0) is 10.7. The topological polar surface area (TPSA) is 49.8 Å². The average molecular weight is 210 g/mol. The van der Waals surface area contributed by atoms with Crippen molar-refractivity contribution in [3.05, 3.63) is 12.0 Å². The van der Waals surface area contributed by atoms with Gasteiger partial charge < -0.3 is 10.6 Å². The molecule has 0 aromatic carbocycles. The van der Waals surface area contributed by atoms with E-state index in [-0.39, 0.29) is 5.82 Å². The summed E-state index contributed by atoms with van der Waals surface area (Å²) in [6.45, 7) is 2.86. The van der Waals surface area contributed by atoms with Crippen molar-refractivity contribution in [2.45, 2.75) is 32.2 Å². The summed E-state index contributed by atoms with van der Waals surface area (Å²) in [6, 6.07) is 0.397. The highest BCUT2D eigenvalue weighted by Gasteiger charge is 2.23. The highest BCUT2D eigenvalue weighted by Crippen LogP contribution is 2.25. The molecule has 0 atom stereocenters. The zero-order valence-corrected chi connectivity index (χ0v) is 8.76. The maximum atomic E-state index is 13.3. The van der Waals surface area contributed by atoms with Crippen LogP contribution in [0.4, 0.5) is 16.2 Å². The predicted octanol–water partition coefficient (Wildman–Crippen LogP) is 2.01. The molecule has 1 aromatic heterocycles. The van der Waals surface area contributed by atoms with E-state index < -0.39 is 0 Å². The molecule has 0 aliphatic heterocycles. The Morgan fingerprint density at radius 2 is 2.33 bits per heavy atom. The molecule has 0 radical (unpaired) electrons. The third kappa shape index (κ3) is 2.78. The summed E-state index contributed by atoms with van der Waals surface area (Å²) in [6.07, 6.45) is 4.39. The van der Waals surface area contributed by atoms with Crippen LogP contribution in [0.3, 0.4) is 0 Å². The molecule has 1 aromatic rings. The van der Waals surface area contributed by atoms with E-state index in [1.54, 1.807) is 0 Å². The quantitative estimate of drug-likeness (QED) is 0.780. The number of hydrogen-bond acceptors (Lipinski definition) is 4. The highest BCUT2D eigenvalue weighted by molar-refractivity contribution is 5.42. The first-order valence-electron chi connectivity index (χ1n) is 5.32. The van der Waals surface area contributed by atoms with Crippen LogP contribution in [0.1, 0.15) is 26.2 Å². The molecule has 2 N–H and O–H groups in total. The molecule has 4 nitrogen and oxygen atoms in total. The molecule has 0 unspecified atom stereocenters. The first kappa shape index (κ1) is 10.1. The smallest absolute Gasteiger partial charge is 0.224 e. The van der Waals surface area contributed by atoms with Gasteiger partial charge in [0.1, 0.15) is 0 Å². The molecule has 0 spiro atoms. The standard InChI is InChI=1S/C10H15FN4/c1-2-5-12-10-13-6-8(11)9(15-10)14-7-3-4-7/h6-7H,2-5H2,1H3,(H2,12,13,14,15). The van der Waals surface area contributed by atoms with Gasteiger partial charge in [-0.05, 0) is 19.3 Å². The summed E-state index contributed by atoms with van der Waals surface area (Å²) in [4.78, 5) is 7.95. The van der Waals surface area contributed by atoms with E-state index in [1.807, 2.05) is 0 Å². The van der Waals surface area contributed by atoms with Crippen LogP contribution >= 0.6 is 0 Å². The van der Waals surface area contributed by atoms with Gasteiger partial charge in [-0.2, -0.15) is 4.98 Å². The fraction of sp³-hybridized carbons (Fsp3) is 0.600. The average Bonchev–Trinajstić information content (AvgIpc) is 3.03. The number of aromatic nitrogens is 2. The third-order valence-corrected chi connectivity index (χ3v) is 2.20. The van der Waals surface area contributed by atoms with Crippen LogP contribution in [0.5, 0.6) is 0 Å². The Morgan fingerprint density at radius 1 is 1.53 bits per heavy atom. The lowest BCUT2D eigenvalue weighted by Gasteiger charge is -2.07. The van der Waals surface area contributed by atoms with Gasteiger partial charge in [0, 0.05) is 12.6 Å². The number of rotatable bonds is 5. The van der Waals surface area contributed by atoms with Crippen molar-refractivity contribution in [1.82, 2.24) is 9.97 Å². The molecule has 1 heterocycles. The lowest BCUT2D eigenvalue weighted by atomic mass is 10.5. The molecule has 15 heavy (non-hydrogen) atoms. The Labute approximate surface area is 88.3 Å². The van der Waals surface area contributed by atoms with E-state index in [1.165, 1.54) is 6.20 Å². The first-order valence-corrected chi connectivity index (χ1v) is 5.32. The van der Waals surface area contributed by atoms with Gasteiger partial charge in [-0.25, -0.2) is 9.37 Å². The molecule has 82 valence electrons. The van der Waals surface area contributed by atoms with E-state index in [2.05, 4.69) is 27.5 Å². The van der Waals surface area contributed by atoms with Gasteiger partial charge in [-0.15, -0.1) is 0 Å². The Hall–Kier alpha value is -1.39. The van der Waals surface area contributed by atoms with Crippen LogP contribution in [0.25, 0.3) is 0 Å². The lowest BCUT2D eigenvalue weighted by Crippen LogP contribution is -2.10. The molecule has 1 aliphatic carbocycles. The lowest BCUT2D eigenvalue weighted by molar-refractivity contribution is 0.617. The number of anilines is 2. The van der Waals surface area contributed by atoms with Gasteiger partial charge in [-0.1, -0.05) is 6.92 Å². The summed E-state index contributed by atoms with van der Waals surface area (Å²) in [5, 5.41) is 6.06. The van der Waals surface area contributed by atoms with Crippen LogP contribution in [-0.2, 0) is 0 Å². The number of nitrogens with zero attached hydrogens (tertiary/aromatic N) is 2. The van der Waals surface area contributed by atoms with E-state index in [0.717, 1.165) is 25.8 Å². The molecule has 1 saturated carbocycles. The predicted molar refractivity (Wildman–Crippen MR) is 57.4 cm³/mol. The molecule has 1 fully saturated rings. The SMILES string of the molecule is CCCNc1ncc(F)c(NC2CC2)n1. The van der Waals surface area contributed by atoms with E-state index in [4.69, 9.17) is 0 Å². The van der Waals surface area contributed by atoms with Gasteiger partial charge >= 0.3 is 0 Å². The number of halogens is 1. The van der Waals surface area contributed by atoms with Crippen LogP contribution in [0.2, 0.25) is 0 Å². The second-order valence-corrected chi connectivity index (χ2v) is 3.74. The van der Waals surface area contributed by atoms with Crippen LogP contribution in [0.15, 0.2) is 6.20 Å². The van der Waals surface area contributed by atoms with Crippen LogP contribution in [0, 0.1) is 5.82 Å². The molecule has 5 heteroatoms. The number of nitrogens with one attached hydrogen (secondary N) is 2. The largest absolute Gasteiger partial charge is 0.365 e. The van der Waals surface area contributed by atoms with Crippen molar-refractivity contribution in [2.75, 3.05) is 17.2 Å². The maximum Gasteiger partial charge on any atom is 0.224 e. The Morgan fingerprint density at radius 3 is 3.00 bits per heavy atom.